The van der Waals surface area contributed by atoms with Gasteiger partial charge in [-0.25, -0.2) is 0 Å². The average Bonchev–Trinajstić information content (AvgIpc) is 2.81. The standard InChI is InChI=1S/C30H34N2O/c1-6-12-28(31-30(33)27-16-11-10-13-23(27)3)32(5)29(26-19-17-22(2)18-20-26)24(4)21-25-14-8-7-9-15-25/h7-11,13-20H,6,12,21H2,1-5H3/b29-24+,31-28?. The summed E-state index contributed by atoms with van der Waals surface area (Å²) in [5, 5.41) is 0. The highest BCUT2D eigenvalue weighted by Gasteiger charge is 2.18. The van der Waals surface area contributed by atoms with E-state index in [0.29, 0.717) is 5.56 Å². The molecule has 0 heterocycles. The second kappa shape index (κ2) is 11.4. The van der Waals surface area contributed by atoms with Crippen LogP contribution >= 0.6 is 0 Å². The first kappa shape index (κ1) is 24.2. The lowest BCUT2D eigenvalue weighted by atomic mass is 9.99. The molecule has 170 valence electrons. The first-order valence-corrected chi connectivity index (χ1v) is 11.6. The predicted octanol–water partition coefficient (Wildman–Crippen LogP) is 7.25. The van der Waals surface area contributed by atoms with Crippen molar-refractivity contribution in [3.8, 4) is 0 Å². The van der Waals surface area contributed by atoms with Crippen LogP contribution in [0, 0.1) is 13.8 Å². The Kier molecular flexibility index (Phi) is 8.37. The minimum atomic E-state index is -0.188. The van der Waals surface area contributed by atoms with E-state index in [9.17, 15) is 4.79 Å². The number of amidine groups is 1. The van der Waals surface area contributed by atoms with Gasteiger partial charge in [0.15, 0.2) is 0 Å². The quantitative estimate of drug-likeness (QED) is 0.287. The molecule has 0 aromatic heterocycles. The van der Waals surface area contributed by atoms with E-state index in [-0.39, 0.29) is 5.91 Å². The molecule has 0 saturated carbocycles. The molecular weight excluding hydrogens is 404 g/mol. The predicted molar refractivity (Wildman–Crippen MR) is 140 cm³/mol. The van der Waals surface area contributed by atoms with E-state index in [1.165, 1.54) is 16.7 Å². The SMILES string of the molecule is CCCC(=NC(=O)c1ccccc1C)N(C)/C(=C(\C)Cc1ccccc1)c1ccc(C)cc1. The number of benzene rings is 3. The highest BCUT2D eigenvalue weighted by atomic mass is 16.1. The Labute approximate surface area is 198 Å². The fraction of sp³-hybridized carbons (Fsp3) is 0.267. The van der Waals surface area contributed by atoms with Crippen molar-refractivity contribution in [3.63, 3.8) is 0 Å². The normalized spacial score (nSPS) is 12.3. The van der Waals surface area contributed by atoms with Gasteiger partial charge in [-0.3, -0.25) is 4.79 Å². The average molecular weight is 439 g/mol. The maximum atomic E-state index is 13.1. The zero-order valence-corrected chi connectivity index (χ0v) is 20.4. The van der Waals surface area contributed by atoms with Crippen LogP contribution < -0.4 is 0 Å². The molecule has 0 N–H and O–H groups in total. The van der Waals surface area contributed by atoms with Gasteiger partial charge in [-0.05, 0) is 61.9 Å². The first-order valence-electron chi connectivity index (χ1n) is 11.6. The number of nitrogens with zero attached hydrogens (tertiary/aromatic N) is 2. The Morgan fingerprint density at radius 3 is 2.15 bits per heavy atom. The minimum Gasteiger partial charge on any atom is -0.332 e. The van der Waals surface area contributed by atoms with Crippen LogP contribution in [0.1, 0.15) is 59.3 Å². The van der Waals surface area contributed by atoms with Gasteiger partial charge >= 0.3 is 0 Å². The van der Waals surface area contributed by atoms with Gasteiger partial charge < -0.3 is 4.90 Å². The molecule has 33 heavy (non-hydrogen) atoms. The summed E-state index contributed by atoms with van der Waals surface area (Å²) in [5.74, 6) is 0.598. The molecule has 0 atom stereocenters. The largest absolute Gasteiger partial charge is 0.332 e. The minimum absolute atomic E-state index is 0.188. The van der Waals surface area contributed by atoms with Crippen molar-refractivity contribution in [2.45, 2.75) is 47.0 Å². The lowest BCUT2D eigenvalue weighted by Gasteiger charge is -2.27. The Morgan fingerprint density at radius 1 is 0.879 bits per heavy atom. The summed E-state index contributed by atoms with van der Waals surface area (Å²) in [5.41, 5.74) is 7.55. The zero-order chi connectivity index (χ0) is 23.8. The lowest BCUT2D eigenvalue weighted by molar-refractivity contribution is 0.100. The molecule has 3 nitrogen and oxygen atoms in total. The van der Waals surface area contributed by atoms with Crippen molar-refractivity contribution in [1.29, 1.82) is 0 Å². The van der Waals surface area contributed by atoms with E-state index < -0.39 is 0 Å². The molecule has 3 heteroatoms. The molecule has 0 aliphatic heterocycles. The van der Waals surface area contributed by atoms with Crippen molar-refractivity contribution in [2.24, 2.45) is 4.99 Å². The first-order chi connectivity index (χ1) is 15.9. The monoisotopic (exact) mass is 438 g/mol. The van der Waals surface area contributed by atoms with Crippen molar-refractivity contribution in [3.05, 3.63) is 112 Å². The molecule has 0 aliphatic rings. The van der Waals surface area contributed by atoms with Crippen molar-refractivity contribution >= 4 is 17.4 Å². The second-order valence-electron chi connectivity index (χ2n) is 8.61. The van der Waals surface area contributed by atoms with E-state index in [4.69, 9.17) is 0 Å². The maximum Gasteiger partial charge on any atom is 0.278 e. The lowest BCUT2D eigenvalue weighted by Crippen LogP contribution is -2.27. The van der Waals surface area contributed by atoms with E-state index in [2.05, 4.69) is 79.2 Å². The number of allylic oxidation sites excluding steroid dienone is 1. The van der Waals surface area contributed by atoms with Crippen LogP contribution in [0.4, 0.5) is 0 Å². The molecule has 3 aromatic carbocycles. The summed E-state index contributed by atoms with van der Waals surface area (Å²) >= 11 is 0. The molecule has 0 fully saturated rings. The summed E-state index contributed by atoms with van der Waals surface area (Å²) in [7, 11) is 2.03. The zero-order valence-electron chi connectivity index (χ0n) is 20.4. The highest BCUT2D eigenvalue weighted by molar-refractivity contribution is 6.05. The summed E-state index contributed by atoms with van der Waals surface area (Å²) in [6.07, 6.45) is 2.46. The number of aliphatic imine (C=N–C) groups is 1. The summed E-state index contributed by atoms with van der Waals surface area (Å²) in [4.78, 5) is 19.8. The smallest absolute Gasteiger partial charge is 0.278 e. The molecule has 0 bridgehead atoms. The van der Waals surface area contributed by atoms with Crippen molar-refractivity contribution in [1.82, 2.24) is 4.90 Å². The number of aryl methyl sites for hydroxylation is 2. The van der Waals surface area contributed by atoms with Crippen molar-refractivity contribution in [2.75, 3.05) is 7.05 Å². The summed E-state index contributed by atoms with van der Waals surface area (Å²) in [6, 6.07) is 26.7. The van der Waals surface area contributed by atoms with E-state index in [1.807, 2.05) is 44.3 Å². The van der Waals surface area contributed by atoms with E-state index >= 15 is 0 Å². The van der Waals surface area contributed by atoms with E-state index in [1.54, 1.807) is 0 Å². The van der Waals surface area contributed by atoms with Gasteiger partial charge in [-0.15, -0.1) is 0 Å². The van der Waals surface area contributed by atoms with Crippen LogP contribution in [0.2, 0.25) is 0 Å². The van der Waals surface area contributed by atoms with Crippen LogP contribution in [-0.4, -0.2) is 23.7 Å². The second-order valence-corrected chi connectivity index (χ2v) is 8.61. The molecule has 0 aliphatic carbocycles. The molecule has 0 spiro atoms. The number of amides is 1. The van der Waals surface area contributed by atoms with Gasteiger partial charge in [0, 0.05) is 24.7 Å². The topological polar surface area (TPSA) is 32.7 Å². The third-order valence-electron chi connectivity index (χ3n) is 5.84. The number of rotatable bonds is 7. The van der Waals surface area contributed by atoms with Crippen molar-refractivity contribution < 1.29 is 4.79 Å². The summed E-state index contributed by atoms with van der Waals surface area (Å²) < 4.78 is 0. The van der Waals surface area contributed by atoms with E-state index in [0.717, 1.165) is 41.9 Å². The third kappa shape index (κ3) is 6.29. The number of hydrogen-bond acceptors (Lipinski definition) is 1. The molecule has 1 amide bonds. The fourth-order valence-electron chi connectivity index (χ4n) is 4.07. The van der Waals surface area contributed by atoms with Gasteiger partial charge in [0.05, 0.1) is 0 Å². The molecule has 0 radical (unpaired) electrons. The van der Waals surface area contributed by atoms with Crippen LogP contribution in [0.5, 0.6) is 0 Å². The molecular formula is C30H34N2O. The van der Waals surface area contributed by atoms with Crippen LogP contribution in [0.3, 0.4) is 0 Å². The van der Waals surface area contributed by atoms with Gasteiger partial charge in [0.25, 0.3) is 5.91 Å². The van der Waals surface area contributed by atoms with Crippen LogP contribution in [-0.2, 0) is 6.42 Å². The number of carbonyl (C=O) groups excluding carboxylic acids is 1. The van der Waals surface area contributed by atoms with Crippen LogP contribution in [0.25, 0.3) is 5.70 Å². The number of carbonyl (C=O) groups is 1. The molecule has 0 unspecified atom stereocenters. The molecule has 3 aromatic rings. The highest BCUT2D eigenvalue weighted by Crippen LogP contribution is 2.26. The van der Waals surface area contributed by atoms with Crippen LogP contribution in [0.15, 0.2) is 89.4 Å². The Hall–Kier alpha value is -3.46. The fourth-order valence-corrected chi connectivity index (χ4v) is 4.07. The Bertz CT molecular complexity index is 1140. The maximum absolute atomic E-state index is 13.1. The third-order valence-corrected chi connectivity index (χ3v) is 5.84. The van der Waals surface area contributed by atoms with Gasteiger partial charge in [0.2, 0.25) is 0 Å². The molecule has 3 rings (SSSR count). The van der Waals surface area contributed by atoms with Gasteiger partial charge in [0.1, 0.15) is 5.84 Å². The Balaban J connectivity index is 2.06. The summed E-state index contributed by atoms with van der Waals surface area (Å²) in [6.45, 7) is 8.34. The number of hydrogen-bond donors (Lipinski definition) is 0. The van der Waals surface area contributed by atoms with Gasteiger partial charge in [-0.1, -0.05) is 85.3 Å². The van der Waals surface area contributed by atoms with Gasteiger partial charge in [-0.2, -0.15) is 4.99 Å². The molecule has 0 saturated heterocycles. The Morgan fingerprint density at radius 2 is 1.52 bits per heavy atom.